The van der Waals surface area contributed by atoms with E-state index < -0.39 is 6.04 Å². The summed E-state index contributed by atoms with van der Waals surface area (Å²) in [6.07, 6.45) is 1.14. The molecule has 3 rings (SSSR count). The SMILES string of the molecule is CC[C@H](C)NC(=O)[C@H](Cc1ccccc1)N(Cc1cccc(Cl)c1)C(=O)COc1ccccc1Cl. The Labute approximate surface area is 217 Å². The number of halogens is 2. The van der Waals surface area contributed by atoms with E-state index in [1.54, 1.807) is 41.3 Å². The van der Waals surface area contributed by atoms with Gasteiger partial charge in [-0.05, 0) is 48.7 Å². The zero-order valence-electron chi connectivity index (χ0n) is 19.9. The molecule has 0 heterocycles. The molecule has 2 atom stereocenters. The zero-order valence-corrected chi connectivity index (χ0v) is 21.4. The van der Waals surface area contributed by atoms with Crippen molar-refractivity contribution in [2.75, 3.05) is 6.61 Å². The molecule has 0 saturated carbocycles. The topological polar surface area (TPSA) is 58.6 Å². The van der Waals surface area contributed by atoms with Crippen molar-refractivity contribution < 1.29 is 14.3 Å². The zero-order chi connectivity index (χ0) is 25.2. The van der Waals surface area contributed by atoms with Gasteiger partial charge in [0.15, 0.2) is 6.61 Å². The molecule has 5 nitrogen and oxygen atoms in total. The number of para-hydroxylation sites is 1. The highest BCUT2D eigenvalue weighted by Gasteiger charge is 2.31. The highest BCUT2D eigenvalue weighted by molar-refractivity contribution is 6.32. The Morgan fingerprint density at radius 2 is 1.63 bits per heavy atom. The van der Waals surface area contributed by atoms with Crippen LogP contribution in [0.15, 0.2) is 78.9 Å². The van der Waals surface area contributed by atoms with Gasteiger partial charge in [0.2, 0.25) is 5.91 Å². The van der Waals surface area contributed by atoms with Gasteiger partial charge in [0.05, 0.1) is 5.02 Å². The summed E-state index contributed by atoms with van der Waals surface area (Å²) in [5, 5.41) is 4.02. The third kappa shape index (κ3) is 8.01. The maximum Gasteiger partial charge on any atom is 0.261 e. The van der Waals surface area contributed by atoms with Crippen molar-refractivity contribution in [3.8, 4) is 5.75 Å². The summed E-state index contributed by atoms with van der Waals surface area (Å²) in [5.74, 6) is -0.129. The molecule has 0 aliphatic heterocycles. The van der Waals surface area contributed by atoms with Crippen molar-refractivity contribution in [2.24, 2.45) is 0 Å². The lowest BCUT2D eigenvalue weighted by molar-refractivity contribution is -0.143. The van der Waals surface area contributed by atoms with Gasteiger partial charge >= 0.3 is 0 Å². The fourth-order valence-electron chi connectivity index (χ4n) is 3.61. The molecule has 0 bridgehead atoms. The minimum Gasteiger partial charge on any atom is -0.482 e. The standard InChI is InChI=1S/C28H30Cl2N2O3/c1-3-20(2)31-28(34)25(17-21-10-5-4-6-11-21)32(18-22-12-9-13-23(29)16-22)27(33)19-35-26-15-8-7-14-24(26)30/h4-16,20,25H,3,17-19H2,1-2H3,(H,31,34)/t20-,25-/m0/s1. The molecule has 184 valence electrons. The molecule has 0 aliphatic rings. The Morgan fingerprint density at radius 3 is 2.31 bits per heavy atom. The second kappa shape index (κ2) is 13.2. The Kier molecular flexibility index (Phi) is 10.0. The van der Waals surface area contributed by atoms with E-state index in [0.717, 1.165) is 17.5 Å². The lowest BCUT2D eigenvalue weighted by atomic mass is 10.0. The van der Waals surface area contributed by atoms with Crippen LogP contribution >= 0.6 is 23.2 Å². The summed E-state index contributed by atoms with van der Waals surface area (Å²) < 4.78 is 5.74. The van der Waals surface area contributed by atoms with E-state index in [-0.39, 0.29) is 31.0 Å². The Bertz CT molecular complexity index is 1120. The summed E-state index contributed by atoms with van der Waals surface area (Å²) in [6, 6.07) is 23.1. The third-order valence-electron chi connectivity index (χ3n) is 5.70. The predicted molar refractivity (Wildman–Crippen MR) is 141 cm³/mol. The van der Waals surface area contributed by atoms with Gasteiger partial charge in [-0.2, -0.15) is 0 Å². The average molecular weight is 513 g/mol. The Hall–Kier alpha value is -3.02. The number of amides is 2. The van der Waals surface area contributed by atoms with E-state index in [0.29, 0.717) is 22.2 Å². The van der Waals surface area contributed by atoms with E-state index in [1.165, 1.54) is 0 Å². The van der Waals surface area contributed by atoms with Crippen LogP contribution in [0.4, 0.5) is 0 Å². The number of carbonyl (C=O) groups is 2. The van der Waals surface area contributed by atoms with Crippen molar-refractivity contribution >= 4 is 35.0 Å². The minimum absolute atomic E-state index is 0.0247. The molecule has 0 saturated heterocycles. The van der Waals surface area contributed by atoms with Crippen LogP contribution in [-0.2, 0) is 22.6 Å². The second-order valence-electron chi connectivity index (χ2n) is 8.39. The fourth-order valence-corrected chi connectivity index (χ4v) is 4.01. The van der Waals surface area contributed by atoms with E-state index in [2.05, 4.69) is 5.32 Å². The number of nitrogens with zero attached hydrogens (tertiary/aromatic N) is 1. The first-order valence-corrected chi connectivity index (χ1v) is 12.4. The van der Waals surface area contributed by atoms with E-state index in [1.807, 2.05) is 56.3 Å². The molecule has 35 heavy (non-hydrogen) atoms. The van der Waals surface area contributed by atoms with Crippen molar-refractivity contribution in [3.05, 3.63) is 100 Å². The molecule has 1 N–H and O–H groups in total. The number of rotatable bonds is 11. The molecule has 0 aromatic heterocycles. The predicted octanol–water partition coefficient (Wildman–Crippen LogP) is 5.93. The van der Waals surface area contributed by atoms with Gasteiger partial charge < -0.3 is 15.0 Å². The van der Waals surface area contributed by atoms with Gasteiger partial charge in [-0.3, -0.25) is 9.59 Å². The lowest BCUT2D eigenvalue weighted by Gasteiger charge is -2.32. The van der Waals surface area contributed by atoms with E-state index in [9.17, 15) is 9.59 Å². The molecule has 0 aliphatic carbocycles. The van der Waals surface area contributed by atoms with Gasteiger partial charge in [-0.1, -0.05) is 84.7 Å². The molecule has 2 amide bonds. The van der Waals surface area contributed by atoms with Crippen LogP contribution < -0.4 is 10.1 Å². The quantitative estimate of drug-likeness (QED) is 0.346. The normalized spacial score (nSPS) is 12.5. The van der Waals surface area contributed by atoms with Crippen LogP contribution in [0.1, 0.15) is 31.4 Å². The number of carbonyl (C=O) groups excluding carboxylic acids is 2. The van der Waals surface area contributed by atoms with Crippen LogP contribution in [0.2, 0.25) is 10.0 Å². The first kappa shape index (κ1) is 26.6. The minimum atomic E-state index is -0.743. The molecule has 7 heteroatoms. The maximum atomic E-state index is 13.6. The van der Waals surface area contributed by atoms with Crippen LogP contribution in [-0.4, -0.2) is 35.4 Å². The molecule has 0 fully saturated rings. The number of benzene rings is 3. The number of ether oxygens (including phenoxy) is 1. The molecule has 0 unspecified atom stereocenters. The second-order valence-corrected chi connectivity index (χ2v) is 9.24. The molecular weight excluding hydrogens is 483 g/mol. The van der Waals surface area contributed by atoms with Crippen LogP contribution in [0, 0.1) is 0 Å². The average Bonchev–Trinajstić information content (AvgIpc) is 2.86. The largest absolute Gasteiger partial charge is 0.482 e. The first-order chi connectivity index (χ1) is 16.9. The summed E-state index contributed by atoms with van der Waals surface area (Å²) in [4.78, 5) is 28.6. The van der Waals surface area contributed by atoms with Gasteiger partial charge in [0.25, 0.3) is 5.91 Å². The van der Waals surface area contributed by atoms with Gasteiger partial charge in [0.1, 0.15) is 11.8 Å². The summed E-state index contributed by atoms with van der Waals surface area (Å²) in [7, 11) is 0. The monoisotopic (exact) mass is 512 g/mol. The number of nitrogens with one attached hydrogen (secondary N) is 1. The number of hydrogen-bond acceptors (Lipinski definition) is 3. The molecule has 3 aromatic rings. The van der Waals surface area contributed by atoms with Crippen molar-refractivity contribution in [1.82, 2.24) is 10.2 Å². The van der Waals surface area contributed by atoms with Crippen LogP contribution in [0.5, 0.6) is 5.75 Å². The van der Waals surface area contributed by atoms with Gasteiger partial charge in [0, 0.05) is 24.0 Å². The molecular formula is C28H30Cl2N2O3. The van der Waals surface area contributed by atoms with E-state index in [4.69, 9.17) is 27.9 Å². The highest BCUT2D eigenvalue weighted by atomic mass is 35.5. The first-order valence-electron chi connectivity index (χ1n) is 11.6. The van der Waals surface area contributed by atoms with Crippen molar-refractivity contribution in [1.29, 1.82) is 0 Å². The molecule has 0 spiro atoms. The Morgan fingerprint density at radius 1 is 0.943 bits per heavy atom. The van der Waals surface area contributed by atoms with Crippen molar-refractivity contribution in [3.63, 3.8) is 0 Å². The highest BCUT2D eigenvalue weighted by Crippen LogP contribution is 2.24. The smallest absolute Gasteiger partial charge is 0.261 e. The van der Waals surface area contributed by atoms with Gasteiger partial charge in [-0.15, -0.1) is 0 Å². The van der Waals surface area contributed by atoms with Gasteiger partial charge in [-0.25, -0.2) is 0 Å². The van der Waals surface area contributed by atoms with Crippen LogP contribution in [0.25, 0.3) is 0 Å². The molecule has 0 radical (unpaired) electrons. The summed E-state index contributed by atoms with van der Waals surface area (Å²) in [6.45, 7) is 3.90. The third-order valence-corrected chi connectivity index (χ3v) is 6.25. The lowest BCUT2D eigenvalue weighted by Crippen LogP contribution is -2.53. The fraction of sp³-hybridized carbons (Fsp3) is 0.286. The maximum absolute atomic E-state index is 13.6. The van der Waals surface area contributed by atoms with Crippen LogP contribution in [0.3, 0.4) is 0 Å². The van der Waals surface area contributed by atoms with Crippen molar-refractivity contribution in [2.45, 2.75) is 45.3 Å². The Balaban J connectivity index is 1.92. The van der Waals surface area contributed by atoms with E-state index >= 15 is 0 Å². The molecule has 3 aromatic carbocycles. The number of hydrogen-bond donors (Lipinski definition) is 1. The summed E-state index contributed by atoms with van der Waals surface area (Å²) in [5.41, 5.74) is 1.77. The summed E-state index contributed by atoms with van der Waals surface area (Å²) >= 11 is 12.4.